The number of hydrogen-bond acceptors (Lipinski definition) is 3. The van der Waals surface area contributed by atoms with Crippen molar-refractivity contribution in [2.24, 2.45) is 4.99 Å². The minimum Gasteiger partial charge on any atom is -0.385 e. The molecule has 5 nitrogen and oxygen atoms in total. The first-order valence-corrected chi connectivity index (χ1v) is 9.41. The van der Waals surface area contributed by atoms with Crippen molar-refractivity contribution < 1.29 is 23.1 Å². The van der Waals surface area contributed by atoms with E-state index in [4.69, 9.17) is 23.2 Å². The molecule has 1 aromatic rings. The number of alkyl halides is 3. The summed E-state index contributed by atoms with van der Waals surface area (Å²) in [4.78, 5) is 15.2. The van der Waals surface area contributed by atoms with E-state index in [0.29, 0.717) is 24.6 Å². The second-order valence-corrected chi connectivity index (χ2v) is 7.47. The van der Waals surface area contributed by atoms with Crippen molar-refractivity contribution in [2.45, 2.75) is 38.0 Å². The number of amides is 2. The lowest BCUT2D eigenvalue weighted by Crippen LogP contribution is -2.29. The summed E-state index contributed by atoms with van der Waals surface area (Å²) in [5, 5.41) is 15.9. The van der Waals surface area contributed by atoms with Gasteiger partial charge < -0.3 is 15.7 Å². The number of aliphatic imine (C=N–C) groups is 1. The molecule has 0 spiro atoms. The number of urea groups is 1. The van der Waals surface area contributed by atoms with E-state index >= 15 is 0 Å². The summed E-state index contributed by atoms with van der Waals surface area (Å²) in [7, 11) is 0. The molecule has 158 valence electrons. The molecule has 0 bridgehead atoms. The van der Waals surface area contributed by atoms with Crippen LogP contribution in [0.1, 0.15) is 30.9 Å². The number of hydrogen-bond donors (Lipinski definition) is 3. The molecule has 3 N–H and O–H groups in total. The van der Waals surface area contributed by atoms with Crippen LogP contribution in [0.3, 0.4) is 0 Å². The van der Waals surface area contributed by atoms with E-state index in [9.17, 15) is 23.1 Å². The van der Waals surface area contributed by atoms with Crippen LogP contribution in [0.5, 0.6) is 0 Å². The highest BCUT2D eigenvalue weighted by Crippen LogP contribution is 2.45. The zero-order chi connectivity index (χ0) is 21.8. The molecule has 2 rings (SSSR count). The molecule has 0 heterocycles. The van der Waals surface area contributed by atoms with Gasteiger partial charge in [-0.15, -0.1) is 0 Å². The molecule has 29 heavy (non-hydrogen) atoms. The molecule has 0 saturated carbocycles. The van der Waals surface area contributed by atoms with Crippen molar-refractivity contribution in [3.8, 4) is 0 Å². The summed E-state index contributed by atoms with van der Waals surface area (Å²) < 4.78 is 38.0. The van der Waals surface area contributed by atoms with Gasteiger partial charge >= 0.3 is 12.2 Å². The first-order chi connectivity index (χ1) is 13.5. The van der Waals surface area contributed by atoms with Crippen LogP contribution in [-0.2, 0) is 12.0 Å². The average Bonchev–Trinajstić information content (AvgIpc) is 2.91. The summed E-state index contributed by atoms with van der Waals surface area (Å²) in [6.45, 7) is 4.76. The van der Waals surface area contributed by atoms with Crippen LogP contribution < -0.4 is 10.6 Å². The van der Waals surface area contributed by atoms with Gasteiger partial charge in [-0.25, -0.2) is 4.79 Å². The molecular formula is C19H20Cl2F3N3O2. The van der Waals surface area contributed by atoms with E-state index in [1.165, 1.54) is 6.08 Å². The Hall–Kier alpha value is -2.03. The number of carbonyl (C=O) groups excluding carboxylic acids is 1. The minimum atomic E-state index is -4.53. The Bertz CT molecular complexity index is 865. The predicted molar refractivity (Wildman–Crippen MR) is 109 cm³/mol. The molecule has 1 atom stereocenters. The Balaban J connectivity index is 1.95. The lowest BCUT2D eigenvalue weighted by Gasteiger charge is -2.19. The molecule has 10 heteroatoms. The van der Waals surface area contributed by atoms with Crippen LogP contribution in [0.25, 0.3) is 0 Å². The summed E-state index contributed by atoms with van der Waals surface area (Å²) in [6, 6.07) is 0.971. The van der Waals surface area contributed by atoms with Gasteiger partial charge in [-0.1, -0.05) is 35.4 Å². The summed E-state index contributed by atoms with van der Waals surface area (Å²) in [5.41, 5.74) is -0.393. The Labute approximate surface area is 176 Å². The normalized spacial score (nSPS) is 19.3. The van der Waals surface area contributed by atoms with E-state index in [0.717, 1.165) is 11.6 Å². The largest absolute Gasteiger partial charge is 0.417 e. The number of nitrogens with one attached hydrogen (secondary N) is 2. The second-order valence-electron chi connectivity index (χ2n) is 6.68. The van der Waals surface area contributed by atoms with Crippen molar-refractivity contribution in [1.82, 2.24) is 5.32 Å². The predicted octanol–water partition coefficient (Wildman–Crippen LogP) is 5.36. The molecule has 0 saturated heterocycles. The Morgan fingerprint density at radius 3 is 2.76 bits per heavy atom. The van der Waals surface area contributed by atoms with Crippen molar-refractivity contribution in [1.29, 1.82) is 0 Å². The molecule has 1 aromatic carbocycles. The van der Waals surface area contributed by atoms with Gasteiger partial charge in [0, 0.05) is 12.7 Å². The van der Waals surface area contributed by atoms with Gasteiger partial charge in [-0.2, -0.15) is 13.2 Å². The summed E-state index contributed by atoms with van der Waals surface area (Å²) in [6.07, 6.45) is -0.576. The van der Waals surface area contributed by atoms with Crippen molar-refractivity contribution in [3.63, 3.8) is 0 Å². The number of fused-ring (bicyclic) bond motifs is 1. The highest BCUT2D eigenvalue weighted by atomic mass is 35.5. The molecular weight excluding hydrogens is 430 g/mol. The molecule has 1 unspecified atom stereocenters. The standard InChI is InChI=1S/C19H20Cl2F3N3O2/c1-18(29)7-6-12-13(18)9-14(20)16(15(12)21)27-17(28)26-8-4-3-5-11(10-25-2)19(22,23)24/h3,5,9-10,29H,2,4,6-8H2,1H3,(H2,26,27,28)/b5-3-,11-10+. The molecule has 0 fully saturated rings. The number of aliphatic hydroxyl groups is 1. The second kappa shape index (κ2) is 9.19. The third kappa shape index (κ3) is 5.74. The molecule has 2 amide bonds. The van der Waals surface area contributed by atoms with Crippen molar-refractivity contribution in [3.05, 3.63) is 51.2 Å². The molecule has 0 aromatic heterocycles. The van der Waals surface area contributed by atoms with Crippen LogP contribution in [0, 0.1) is 0 Å². The van der Waals surface area contributed by atoms with Gasteiger partial charge in [0.25, 0.3) is 0 Å². The third-order valence-electron chi connectivity index (χ3n) is 4.45. The monoisotopic (exact) mass is 449 g/mol. The highest BCUT2D eigenvalue weighted by Gasteiger charge is 2.35. The fraction of sp³-hybridized carbons (Fsp3) is 0.368. The van der Waals surface area contributed by atoms with Crippen LogP contribution >= 0.6 is 23.2 Å². The first-order valence-electron chi connectivity index (χ1n) is 8.65. The van der Waals surface area contributed by atoms with Gasteiger partial charge in [0.15, 0.2) is 0 Å². The lowest BCUT2D eigenvalue weighted by atomic mass is 9.98. The minimum absolute atomic E-state index is 0.0872. The van der Waals surface area contributed by atoms with Crippen molar-refractivity contribution >= 4 is 41.6 Å². The van der Waals surface area contributed by atoms with E-state index in [-0.39, 0.29) is 28.7 Å². The number of halogens is 5. The van der Waals surface area contributed by atoms with E-state index < -0.39 is 23.4 Å². The fourth-order valence-corrected chi connectivity index (χ4v) is 3.59. The zero-order valence-electron chi connectivity index (χ0n) is 15.5. The Morgan fingerprint density at radius 1 is 1.45 bits per heavy atom. The van der Waals surface area contributed by atoms with Gasteiger partial charge in [0.2, 0.25) is 0 Å². The molecule has 1 aliphatic rings. The maximum absolute atomic E-state index is 12.7. The van der Waals surface area contributed by atoms with Gasteiger partial charge in [0.05, 0.1) is 26.9 Å². The number of rotatable bonds is 6. The summed E-state index contributed by atoms with van der Waals surface area (Å²) in [5.74, 6) is 0. The number of anilines is 1. The highest BCUT2D eigenvalue weighted by molar-refractivity contribution is 6.40. The quantitative estimate of drug-likeness (QED) is 0.310. The van der Waals surface area contributed by atoms with Crippen LogP contribution in [0.4, 0.5) is 23.7 Å². The van der Waals surface area contributed by atoms with Crippen LogP contribution in [0.2, 0.25) is 10.0 Å². The number of carbonyl (C=O) groups is 1. The average molecular weight is 450 g/mol. The van der Waals surface area contributed by atoms with Crippen LogP contribution in [0.15, 0.2) is 35.0 Å². The van der Waals surface area contributed by atoms with Crippen LogP contribution in [-0.4, -0.2) is 30.6 Å². The Morgan fingerprint density at radius 2 is 2.14 bits per heavy atom. The maximum Gasteiger partial charge on any atom is 0.417 e. The van der Waals surface area contributed by atoms with E-state index in [1.807, 2.05) is 0 Å². The number of nitrogens with zero attached hydrogens (tertiary/aromatic N) is 1. The third-order valence-corrected chi connectivity index (χ3v) is 5.17. The number of benzene rings is 1. The topological polar surface area (TPSA) is 73.7 Å². The molecule has 1 aliphatic carbocycles. The maximum atomic E-state index is 12.7. The van der Waals surface area contributed by atoms with Gasteiger partial charge in [-0.05, 0) is 50.1 Å². The SMILES string of the molecule is C=N/C=C(\C=C/CCNC(=O)Nc1c(Cl)cc2c(c1Cl)CCC2(C)O)C(F)(F)F. The first kappa shape index (κ1) is 23.3. The smallest absolute Gasteiger partial charge is 0.385 e. The molecule has 0 radical (unpaired) electrons. The van der Waals surface area contributed by atoms with Gasteiger partial charge in [-0.3, -0.25) is 4.99 Å². The van der Waals surface area contributed by atoms with E-state index in [2.05, 4.69) is 22.3 Å². The van der Waals surface area contributed by atoms with E-state index in [1.54, 1.807) is 13.0 Å². The zero-order valence-corrected chi connectivity index (χ0v) is 17.0. The van der Waals surface area contributed by atoms with Gasteiger partial charge in [0.1, 0.15) is 0 Å². The summed E-state index contributed by atoms with van der Waals surface area (Å²) >= 11 is 12.5. The fourth-order valence-electron chi connectivity index (χ4n) is 2.95. The number of allylic oxidation sites excluding steroid dienone is 2. The lowest BCUT2D eigenvalue weighted by molar-refractivity contribution is -0.0883. The van der Waals surface area contributed by atoms with Crippen molar-refractivity contribution in [2.75, 3.05) is 11.9 Å². The Kier molecular flexibility index (Phi) is 7.37. The molecule has 0 aliphatic heterocycles.